The highest BCUT2D eigenvalue weighted by atomic mass is 35.5. The van der Waals surface area contributed by atoms with E-state index in [1.807, 2.05) is 50.4 Å². The molecule has 1 aromatic heterocycles. The van der Waals surface area contributed by atoms with Crippen molar-refractivity contribution in [3.05, 3.63) is 53.2 Å². The molecule has 0 saturated carbocycles. The van der Waals surface area contributed by atoms with Gasteiger partial charge in [0.05, 0.1) is 22.1 Å². The summed E-state index contributed by atoms with van der Waals surface area (Å²) in [5.41, 5.74) is 2.08. The number of fused-ring (bicyclic) bond motifs is 1. The lowest BCUT2D eigenvalue weighted by atomic mass is 10.2. The number of hydrogen-bond donors (Lipinski definition) is 0. The van der Waals surface area contributed by atoms with Crippen LogP contribution in [0.2, 0.25) is 5.02 Å². The third-order valence-corrected chi connectivity index (χ3v) is 3.37. The van der Waals surface area contributed by atoms with Gasteiger partial charge in [0.2, 0.25) is 0 Å². The molecular weight excluding hydrogens is 260 g/mol. The summed E-state index contributed by atoms with van der Waals surface area (Å²) in [6.07, 6.45) is 1.77. The van der Waals surface area contributed by atoms with Gasteiger partial charge in [-0.25, -0.2) is 0 Å². The van der Waals surface area contributed by atoms with Crippen LogP contribution in [0.3, 0.4) is 0 Å². The van der Waals surface area contributed by atoms with E-state index in [-0.39, 0.29) is 0 Å². The average Bonchev–Trinajstić information content (AvgIpc) is 2.79. The molecule has 0 bridgehead atoms. The average molecular weight is 273 g/mol. The van der Waals surface area contributed by atoms with Gasteiger partial charge in [-0.2, -0.15) is 5.10 Å². The van der Waals surface area contributed by atoms with E-state index in [2.05, 4.69) is 5.10 Å². The van der Waals surface area contributed by atoms with E-state index in [9.17, 15) is 0 Å². The first kappa shape index (κ1) is 12.1. The lowest BCUT2D eigenvalue weighted by Gasteiger charge is -2.08. The molecule has 3 nitrogen and oxygen atoms in total. The molecule has 0 aliphatic carbocycles. The second-order valence-corrected chi connectivity index (χ2v) is 4.90. The summed E-state index contributed by atoms with van der Waals surface area (Å²) in [5, 5.41) is 5.81. The Balaban J connectivity index is 2.06. The van der Waals surface area contributed by atoms with Crippen molar-refractivity contribution < 1.29 is 4.74 Å². The molecule has 0 radical (unpaired) electrons. The Hall–Kier alpha value is -2.00. The number of rotatable bonds is 2. The van der Waals surface area contributed by atoms with E-state index in [1.54, 1.807) is 10.9 Å². The minimum Gasteiger partial charge on any atom is -0.457 e. The third kappa shape index (κ3) is 2.17. The number of nitrogens with zero attached hydrogens (tertiary/aromatic N) is 2. The molecule has 96 valence electrons. The minimum absolute atomic E-state index is 0.672. The van der Waals surface area contributed by atoms with Crippen molar-refractivity contribution in [2.24, 2.45) is 7.05 Å². The van der Waals surface area contributed by atoms with Crippen LogP contribution in [-0.2, 0) is 7.05 Å². The van der Waals surface area contributed by atoms with Gasteiger partial charge in [-0.15, -0.1) is 0 Å². The number of ether oxygens (including phenoxy) is 1. The fraction of sp³-hybridized carbons (Fsp3) is 0.133. The molecule has 0 N–H and O–H groups in total. The molecule has 0 amide bonds. The first-order valence-corrected chi connectivity index (χ1v) is 6.37. The molecule has 0 saturated heterocycles. The van der Waals surface area contributed by atoms with Crippen LogP contribution in [0.25, 0.3) is 10.9 Å². The molecule has 0 atom stereocenters. The molecule has 3 rings (SSSR count). The summed E-state index contributed by atoms with van der Waals surface area (Å²) in [6.45, 7) is 2.05. The molecule has 0 spiro atoms. The van der Waals surface area contributed by atoms with Gasteiger partial charge in [-0.05, 0) is 31.2 Å². The smallest absolute Gasteiger partial charge is 0.138 e. The van der Waals surface area contributed by atoms with Crippen LogP contribution in [0.1, 0.15) is 5.56 Å². The van der Waals surface area contributed by atoms with Crippen LogP contribution in [0.4, 0.5) is 0 Å². The van der Waals surface area contributed by atoms with E-state index in [1.165, 1.54) is 5.56 Å². The SMILES string of the molecule is Cc1ccc(Oc2ccc(Cl)c3c2cnn3C)cc1. The fourth-order valence-electron chi connectivity index (χ4n) is 2.04. The standard InChI is InChI=1S/C15H13ClN2O/c1-10-3-5-11(6-4-10)19-14-8-7-13(16)15-12(14)9-17-18(15)2/h3-9H,1-2H3. The van der Waals surface area contributed by atoms with Crippen molar-refractivity contribution in [1.82, 2.24) is 9.78 Å². The largest absolute Gasteiger partial charge is 0.457 e. The van der Waals surface area contributed by atoms with E-state index in [4.69, 9.17) is 16.3 Å². The third-order valence-electron chi connectivity index (χ3n) is 3.06. The topological polar surface area (TPSA) is 27.1 Å². The Bertz CT molecular complexity index is 732. The maximum atomic E-state index is 6.18. The van der Waals surface area contributed by atoms with Gasteiger partial charge in [0.15, 0.2) is 0 Å². The van der Waals surface area contributed by atoms with Crippen LogP contribution < -0.4 is 4.74 Å². The monoisotopic (exact) mass is 272 g/mol. The van der Waals surface area contributed by atoms with Gasteiger partial charge in [-0.1, -0.05) is 29.3 Å². The van der Waals surface area contributed by atoms with E-state index in [0.29, 0.717) is 5.02 Å². The van der Waals surface area contributed by atoms with E-state index < -0.39 is 0 Å². The fourth-order valence-corrected chi connectivity index (χ4v) is 2.33. The van der Waals surface area contributed by atoms with Gasteiger partial charge >= 0.3 is 0 Å². The molecule has 0 fully saturated rings. The lowest BCUT2D eigenvalue weighted by molar-refractivity contribution is 0.488. The molecule has 2 aromatic carbocycles. The molecule has 0 aliphatic rings. The summed E-state index contributed by atoms with van der Waals surface area (Å²) >= 11 is 6.18. The highest BCUT2D eigenvalue weighted by Crippen LogP contribution is 2.33. The Morgan fingerprint density at radius 3 is 2.58 bits per heavy atom. The zero-order chi connectivity index (χ0) is 13.4. The zero-order valence-corrected chi connectivity index (χ0v) is 11.5. The molecule has 3 aromatic rings. The van der Waals surface area contributed by atoms with Gasteiger partial charge in [-0.3, -0.25) is 4.68 Å². The molecule has 19 heavy (non-hydrogen) atoms. The summed E-state index contributed by atoms with van der Waals surface area (Å²) in [7, 11) is 1.86. The van der Waals surface area contributed by atoms with Crippen LogP contribution in [0, 0.1) is 6.92 Å². The maximum absolute atomic E-state index is 6.18. The van der Waals surface area contributed by atoms with Gasteiger partial charge < -0.3 is 4.74 Å². The highest BCUT2D eigenvalue weighted by molar-refractivity contribution is 6.35. The second kappa shape index (κ2) is 4.59. The second-order valence-electron chi connectivity index (χ2n) is 4.49. The number of hydrogen-bond acceptors (Lipinski definition) is 2. The first-order valence-electron chi connectivity index (χ1n) is 6.00. The maximum Gasteiger partial charge on any atom is 0.138 e. The van der Waals surface area contributed by atoms with Crippen LogP contribution in [0.5, 0.6) is 11.5 Å². The van der Waals surface area contributed by atoms with Gasteiger partial charge in [0.1, 0.15) is 11.5 Å². The molecular formula is C15H13ClN2O. The van der Waals surface area contributed by atoms with Crippen molar-refractivity contribution in [2.45, 2.75) is 6.92 Å². The quantitative estimate of drug-likeness (QED) is 0.694. The Labute approximate surface area is 116 Å². The first-order chi connectivity index (χ1) is 9.15. The predicted octanol–water partition coefficient (Wildman–Crippen LogP) is 4.33. The molecule has 1 heterocycles. The minimum atomic E-state index is 0.672. The summed E-state index contributed by atoms with van der Waals surface area (Å²) in [4.78, 5) is 0. The van der Waals surface area contributed by atoms with Gasteiger partial charge in [0, 0.05) is 7.05 Å². The Kier molecular flexibility index (Phi) is 2.91. The number of aromatic nitrogens is 2. The van der Waals surface area contributed by atoms with Crippen LogP contribution in [0.15, 0.2) is 42.6 Å². The molecule has 4 heteroatoms. The number of aryl methyl sites for hydroxylation is 2. The summed E-state index contributed by atoms with van der Waals surface area (Å²) < 4.78 is 7.65. The summed E-state index contributed by atoms with van der Waals surface area (Å²) in [5.74, 6) is 1.56. The zero-order valence-electron chi connectivity index (χ0n) is 10.7. The van der Waals surface area contributed by atoms with Crippen LogP contribution >= 0.6 is 11.6 Å². The number of halogens is 1. The lowest BCUT2D eigenvalue weighted by Crippen LogP contribution is -1.90. The normalized spacial score (nSPS) is 10.9. The van der Waals surface area contributed by atoms with E-state index >= 15 is 0 Å². The van der Waals surface area contributed by atoms with Crippen molar-refractivity contribution in [3.63, 3.8) is 0 Å². The summed E-state index contributed by atoms with van der Waals surface area (Å²) in [6, 6.07) is 11.6. The van der Waals surface area contributed by atoms with Crippen molar-refractivity contribution in [3.8, 4) is 11.5 Å². The predicted molar refractivity (Wildman–Crippen MR) is 77.0 cm³/mol. The Morgan fingerprint density at radius 1 is 1.11 bits per heavy atom. The molecule has 0 unspecified atom stereocenters. The van der Waals surface area contributed by atoms with Gasteiger partial charge in [0.25, 0.3) is 0 Å². The van der Waals surface area contributed by atoms with Crippen LogP contribution in [-0.4, -0.2) is 9.78 Å². The van der Waals surface area contributed by atoms with E-state index in [0.717, 1.165) is 22.4 Å². The Morgan fingerprint density at radius 2 is 1.84 bits per heavy atom. The highest BCUT2D eigenvalue weighted by Gasteiger charge is 2.10. The van der Waals surface area contributed by atoms with Crippen molar-refractivity contribution in [2.75, 3.05) is 0 Å². The van der Waals surface area contributed by atoms with Crippen molar-refractivity contribution >= 4 is 22.5 Å². The molecule has 0 aliphatic heterocycles. The number of benzene rings is 2. The van der Waals surface area contributed by atoms with Crippen molar-refractivity contribution in [1.29, 1.82) is 0 Å².